The summed E-state index contributed by atoms with van der Waals surface area (Å²) in [7, 11) is 0. The van der Waals surface area contributed by atoms with Crippen LogP contribution in [0.1, 0.15) is 47.0 Å². The van der Waals surface area contributed by atoms with E-state index in [4.69, 9.17) is 4.74 Å². The number of para-hydroxylation sites is 2. The minimum atomic E-state index is 0.161. The molecule has 21 heavy (non-hydrogen) atoms. The second-order valence-corrected chi connectivity index (χ2v) is 6.94. The van der Waals surface area contributed by atoms with Crippen molar-refractivity contribution in [1.29, 1.82) is 0 Å². The van der Waals surface area contributed by atoms with Crippen LogP contribution in [0.2, 0.25) is 0 Å². The van der Waals surface area contributed by atoms with Gasteiger partial charge >= 0.3 is 0 Å². The van der Waals surface area contributed by atoms with Crippen LogP contribution in [-0.4, -0.2) is 31.3 Å². The maximum absolute atomic E-state index is 5.89. The fraction of sp³-hybridized carbons (Fsp3) is 0.667. The van der Waals surface area contributed by atoms with E-state index in [2.05, 4.69) is 62.2 Å². The summed E-state index contributed by atoms with van der Waals surface area (Å²) < 4.78 is 5.89. The fourth-order valence-corrected chi connectivity index (χ4v) is 2.86. The topological polar surface area (TPSA) is 24.5 Å². The maximum atomic E-state index is 5.89. The van der Waals surface area contributed by atoms with Crippen LogP contribution in [0.15, 0.2) is 24.3 Å². The van der Waals surface area contributed by atoms with Crippen LogP contribution in [-0.2, 0) is 0 Å². The molecule has 0 saturated heterocycles. The van der Waals surface area contributed by atoms with E-state index in [0.717, 1.165) is 31.9 Å². The van der Waals surface area contributed by atoms with Crippen molar-refractivity contribution in [3.05, 3.63) is 24.3 Å². The van der Waals surface area contributed by atoms with E-state index in [1.54, 1.807) is 0 Å². The SMILES string of the molecule is CCCC(CNC(C)(C)C)N1CCCOc2ccccc21. The van der Waals surface area contributed by atoms with Crippen molar-refractivity contribution in [2.75, 3.05) is 24.6 Å². The molecule has 0 bridgehead atoms. The van der Waals surface area contributed by atoms with E-state index in [-0.39, 0.29) is 5.54 Å². The molecule has 0 aromatic heterocycles. The zero-order valence-electron chi connectivity index (χ0n) is 14.0. The van der Waals surface area contributed by atoms with Crippen molar-refractivity contribution in [1.82, 2.24) is 5.32 Å². The average molecular weight is 290 g/mol. The summed E-state index contributed by atoms with van der Waals surface area (Å²) in [4.78, 5) is 2.55. The summed E-state index contributed by atoms with van der Waals surface area (Å²) in [6.07, 6.45) is 3.50. The second-order valence-electron chi connectivity index (χ2n) is 6.94. The number of hydrogen-bond acceptors (Lipinski definition) is 3. The van der Waals surface area contributed by atoms with Gasteiger partial charge in [-0.25, -0.2) is 0 Å². The van der Waals surface area contributed by atoms with Crippen molar-refractivity contribution >= 4 is 5.69 Å². The largest absolute Gasteiger partial charge is 0.491 e. The molecule has 0 fully saturated rings. The van der Waals surface area contributed by atoms with Gasteiger partial charge in [0, 0.05) is 24.7 Å². The van der Waals surface area contributed by atoms with Crippen molar-refractivity contribution in [3.63, 3.8) is 0 Å². The lowest BCUT2D eigenvalue weighted by molar-refractivity contribution is 0.321. The van der Waals surface area contributed by atoms with Gasteiger partial charge in [0.2, 0.25) is 0 Å². The summed E-state index contributed by atoms with van der Waals surface area (Å²) in [5, 5.41) is 3.67. The summed E-state index contributed by atoms with van der Waals surface area (Å²) in [6, 6.07) is 8.98. The van der Waals surface area contributed by atoms with Gasteiger partial charge < -0.3 is 15.0 Å². The van der Waals surface area contributed by atoms with Gasteiger partial charge in [0.25, 0.3) is 0 Å². The summed E-state index contributed by atoms with van der Waals surface area (Å²) in [6.45, 7) is 11.9. The monoisotopic (exact) mass is 290 g/mol. The summed E-state index contributed by atoms with van der Waals surface area (Å²) in [5.74, 6) is 1.03. The minimum Gasteiger partial charge on any atom is -0.491 e. The molecule has 1 unspecified atom stereocenters. The Labute approximate surface area is 129 Å². The van der Waals surface area contributed by atoms with Crippen LogP contribution >= 0.6 is 0 Å². The van der Waals surface area contributed by atoms with Gasteiger partial charge in [-0.05, 0) is 45.7 Å². The summed E-state index contributed by atoms with van der Waals surface area (Å²) >= 11 is 0. The van der Waals surface area contributed by atoms with Gasteiger partial charge in [0.15, 0.2) is 0 Å². The normalized spacial score (nSPS) is 16.9. The van der Waals surface area contributed by atoms with E-state index in [0.29, 0.717) is 6.04 Å². The molecule has 118 valence electrons. The van der Waals surface area contributed by atoms with Crippen LogP contribution in [0.3, 0.4) is 0 Å². The number of nitrogens with one attached hydrogen (secondary N) is 1. The molecule has 0 amide bonds. The predicted molar refractivity (Wildman–Crippen MR) is 90.4 cm³/mol. The van der Waals surface area contributed by atoms with Gasteiger partial charge in [-0.1, -0.05) is 25.5 Å². The van der Waals surface area contributed by atoms with E-state index in [1.807, 2.05) is 0 Å². The van der Waals surface area contributed by atoms with Crippen LogP contribution < -0.4 is 15.0 Å². The van der Waals surface area contributed by atoms with Gasteiger partial charge in [-0.15, -0.1) is 0 Å². The van der Waals surface area contributed by atoms with Crippen molar-refractivity contribution in [3.8, 4) is 5.75 Å². The molecule has 2 rings (SSSR count). The lowest BCUT2D eigenvalue weighted by Crippen LogP contribution is -2.48. The highest BCUT2D eigenvalue weighted by molar-refractivity contribution is 5.59. The molecule has 1 N–H and O–H groups in total. The van der Waals surface area contributed by atoms with Gasteiger partial charge in [0.05, 0.1) is 12.3 Å². The molecule has 0 radical (unpaired) electrons. The molecule has 1 aromatic rings. The highest BCUT2D eigenvalue weighted by Gasteiger charge is 2.24. The standard InChI is InChI=1S/C18H30N2O/c1-5-9-15(14-19-18(2,3)4)20-12-8-13-21-17-11-7-6-10-16(17)20/h6-7,10-11,15,19H,5,8-9,12-14H2,1-4H3. The van der Waals surface area contributed by atoms with Crippen LogP contribution in [0.5, 0.6) is 5.75 Å². The minimum absolute atomic E-state index is 0.161. The zero-order valence-corrected chi connectivity index (χ0v) is 14.0. The number of rotatable bonds is 5. The molecule has 0 saturated carbocycles. The zero-order chi connectivity index (χ0) is 15.3. The molecule has 1 aliphatic rings. The third kappa shape index (κ3) is 4.63. The van der Waals surface area contributed by atoms with Crippen LogP contribution in [0, 0.1) is 0 Å². The van der Waals surface area contributed by atoms with Crippen molar-refractivity contribution < 1.29 is 4.74 Å². The summed E-state index contributed by atoms with van der Waals surface area (Å²) in [5.41, 5.74) is 1.41. The number of anilines is 1. The molecular weight excluding hydrogens is 260 g/mol. The van der Waals surface area contributed by atoms with E-state index < -0.39 is 0 Å². The Morgan fingerprint density at radius 2 is 2.05 bits per heavy atom. The number of hydrogen-bond donors (Lipinski definition) is 1. The van der Waals surface area contributed by atoms with Crippen molar-refractivity contribution in [2.24, 2.45) is 0 Å². The number of ether oxygens (including phenoxy) is 1. The Kier molecular flexibility index (Phi) is 5.51. The maximum Gasteiger partial charge on any atom is 0.142 e. The molecule has 3 nitrogen and oxygen atoms in total. The molecule has 0 spiro atoms. The quantitative estimate of drug-likeness (QED) is 0.892. The Balaban J connectivity index is 2.18. The van der Waals surface area contributed by atoms with Crippen LogP contribution in [0.4, 0.5) is 5.69 Å². The Morgan fingerprint density at radius 3 is 2.76 bits per heavy atom. The highest BCUT2D eigenvalue weighted by Crippen LogP contribution is 2.32. The molecule has 1 atom stereocenters. The second kappa shape index (κ2) is 7.17. The fourth-order valence-electron chi connectivity index (χ4n) is 2.86. The van der Waals surface area contributed by atoms with Crippen molar-refractivity contribution in [2.45, 2.75) is 58.5 Å². The third-order valence-electron chi connectivity index (χ3n) is 3.91. The Hall–Kier alpha value is -1.22. The molecule has 1 aliphatic heterocycles. The highest BCUT2D eigenvalue weighted by atomic mass is 16.5. The van der Waals surface area contributed by atoms with Gasteiger partial charge in [-0.3, -0.25) is 0 Å². The molecule has 3 heteroatoms. The number of fused-ring (bicyclic) bond motifs is 1. The smallest absolute Gasteiger partial charge is 0.142 e. The lowest BCUT2D eigenvalue weighted by Gasteiger charge is -2.35. The Bertz CT molecular complexity index is 439. The Morgan fingerprint density at radius 1 is 1.29 bits per heavy atom. The van der Waals surface area contributed by atoms with Crippen LogP contribution in [0.25, 0.3) is 0 Å². The molecule has 1 heterocycles. The first-order valence-electron chi connectivity index (χ1n) is 8.25. The van der Waals surface area contributed by atoms with E-state index in [1.165, 1.54) is 18.5 Å². The molecular formula is C18H30N2O. The predicted octanol–water partition coefficient (Wildman–Crippen LogP) is 3.83. The first-order valence-corrected chi connectivity index (χ1v) is 8.25. The number of benzene rings is 1. The first-order chi connectivity index (χ1) is 10.0. The van der Waals surface area contributed by atoms with Gasteiger partial charge in [-0.2, -0.15) is 0 Å². The molecule has 1 aromatic carbocycles. The first kappa shape index (κ1) is 16.2. The third-order valence-corrected chi connectivity index (χ3v) is 3.91. The van der Waals surface area contributed by atoms with Gasteiger partial charge in [0.1, 0.15) is 5.75 Å². The van der Waals surface area contributed by atoms with E-state index in [9.17, 15) is 0 Å². The average Bonchev–Trinajstić information content (AvgIpc) is 2.65. The molecule has 0 aliphatic carbocycles. The van der Waals surface area contributed by atoms with E-state index >= 15 is 0 Å². The number of nitrogens with zero attached hydrogens (tertiary/aromatic N) is 1. The lowest BCUT2D eigenvalue weighted by atomic mass is 10.0.